The van der Waals surface area contributed by atoms with Gasteiger partial charge in [-0.3, -0.25) is 9.59 Å². The molecule has 2 amide bonds. The molecule has 26 heavy (non-hydrogen) atoms. The van der Waals surface area contributed by atoms with E-state index in [0.717, 1.165) is 32.0 Å². The number of benzene rings is 1. The number of hydrogen-bond acceptors (Lipinski definition) is 4. The van der Waals surface area contributed by atoms with Crippen molar-refractivity contribution in [1.82, 2.24) is 10.2 Å². The van der Waals surface area contributed by atoms with E-state index in [9.17, 15) is 9.59 Å². The molecule has 0 spiro atoms. The molecule has 0 bridgehead atoms. The number of hydrogen-bond donors (Lipinski definition) is 2. The summed E-state index contributed by atoms with van der Waals surface area (Å²) in [6.07, 6.45) is 7.58. The van der Waals surface area contributed by atoms with Crippen LogP contribution in [-0.4, -0.2) is 49.5 Å². The van der Waals surface area contributed by atoms with Crippen molar-refractivity contribution < 1.29 is 14.3 Å². The molecular formula is C20H29N3O3. The Hall–Kier alpha value is -2.08. The predicted molar refractivity (Wildman–Crippen MR) is 101 cm³/mol. The number of nitrogens with one attached hydrogen (secondary N) is 2. The molecule has 1 aliphatic heterocycles. The molecule has 3 rings (SSSR count). The molecule has 6 heteroatoms. The molecular weight excluding hydrogens is 330 g/mol. The van der Waals surface area contributed by atoms with Crippen LogP contribution in [0.1, 0.15) is 38.5 Å². The quantitative estimate of drug-likeness (QED) is 0.792. The van der Waals surface area contributed by atoms with Crippen LogP contribution in [-0.2, 0) is 9.59 Å². The Kier molecular flexibility index (Phi) is 6.50. The van der Waals surface area contributed by atoms with Crippen molar-refractivity contribution in [1.29, 1.82) is 0 Å². The zero-order valence-corrected chi connectivity index (χ0v) is 15.5. The summed E-state index contributed by atoms with van der Waals surface area (Å²) in [6, 6.07) is 7.83. The smallest absolute Gasteiger partial charge is 0.313 e. The number of piperidine rings is 1. The standard InChI is InChI=1S/C20H29N3O3/c1-26-18-9-5-4-8-17(18)22-20(25)19(24)21-14-15-10-12-23(13-11-15)16-6-2-3-7-16/h4-5,8-9,15-16H,2-3,6-7,10-14H2,1H3,(H,21,24)(H,22,25). The van der Waals surface area contributed by atoms with Crippen molar-refractivity contribution in [2.45, 2.75) is 44.6 Å². The minimum Gasteiger partial charge on any atom is -0.495 e. The van der Waals surface area contributed by atoms with Gasteiger partial charge in [0.1, 0.15) is 5.75 Å². The Morgan fingerprint density at radius 2 is 1.77 bits per heavy atom. The van der Waals surface area contributed by atoms with Crippen LogP contribution in [0.15, 0.2) is 24.3 Å². The summed E-state index contributed by atoms with van der Waals surface area (Å²) in [6.45, 7) is 2.79. The Balaban J connectivity index is 1.40. The van der Waals surface area contributed by atoms with Crippen molar-refractivity contribution in [2.24, 2.45) is 5.92 Å². The van der Waals surface area contributed by atoms with Gasteiger partial charge in [-0.25, -0.2) is 0 Å². The highest BCUT2D eigenvalue weighted by Gasteiger charge is 2.27. The molecule has 0 radical (unpaired) electrons. The second kappa shape index (κ2) is 9.03. The summed E-state index contributed by atoms with van der Waals surface area (Å²) in [5, 5.41) is 5.39. The molecule has 0 atom stereocenters. The number of amides is 2. The average Bonchev–Trinajstić information content (AvgIpc) is 3.21. The Morgan fingerprint density at radius 1 is 1.08 bits per heavy atom. The second-order valence-electron chi connectivity index (χ2n) is 7.28. The molecule has 142 valence electrons. The van der Waals surface area contributed by atoms with Gasteiger partial charge in [0.25, 0.3) is 0 Å². The van der Waals surface area contributed by atoms with Crippen LogP contribution in [0.5, 0.6) is 5.75 Å². The van der Waals surface area contributed by atoms with Gasteiger partial charge in [0.05, 0.1) is 12.8 Å². The molecule has 1 saturated carbocycles. The van der Waals surface area contributed by atoms with Gasteiger partial charge in [-0.1, -0.05) is 25.0 Å². The van der Waals surface area contributed by atoms with Gasteiger partial charge in [0.2, 0.25) is 0 Å². The highest BCUT2D eigenvalue weighted by Crippen LogP contribution is 2.27. The maximum absolute atomic E-state index is 12.1. The normalized spacial score (nSPS) is 19.3. The topological polar surface area (TPSA) is 70.7 Å². The first-order chi connectivity index (χ1) is 12.7. The third-order valence-corrected chi connectivity index (χ3v) is 5.60. The number of methoxy groups -OCH3 is 1. The van der Waals surface area contributed by atoms with E-state index in [-0.39, 0.29) is 0 Å². The van der Waals surface area contributed by atoms with E-state index < -0.39 is 11.8 Å². The van der Waals surface area contributed by atoms with Crippen molar-refractivity contribution >= 4 is 17.5 Å². The molecule has 1 aliphatic carbocycles. The fourth-order valence-electron chi connectivity index (χ4n) is 4.04. The van der Waals surface area contributed by atoms with Gasteiger partial charge in [0.15, 0.2) is 0 Å². The van der Waals surface area contributed by atoms with E-state index in [2.05, 4.69) is 15.5 Å². The highest BCUT2D eigenvalue weighted by atomic mass is 16.5. The lowest BCUT2D eigenvalue weighted by Gasteiger charge is -2.36. The number of carbonyl (C=O) groups excluding carboxylic acids is 2. The van der Waals surface area contributed by atoms with Crippen LogP contribution in [0.3, 0.4) is 0 Å². The van der Waals surface area contributed by atoms with E-state index in [1.54, 1.807) is 18.2 Å². The van der Waals surface area contributed by atoms with Crippen molar-refractivity contribution in [3.8, 4) is 5.75 Å². The Labute approximate surface area is 155 Å². The number of rotatable bonds is 5. The summed E-state index contributed by atoms with van der Waals surface area (Å²) in [4.78, 5) is 26.8. The summed E-state index contributed by atoms with van der Waals surface area (Å²) >= 11 is 0. The second-order valence-corrected chi connectivity index (χ2v) is 7.28. The molecule has 1 aromatic carbocycles. The van der Waals surface area contributed by atoms with Gasteiger partial charge in [0, 0.05) is 12.6 Å². The molecule has 0 unspecified atom stereocenters. The summed E-state index contributed by atoms with van der Waals surface area (Å²) < 4.78 is 5.18. The third-order valence-electron chi connectivity index (χ3n) is 5.60. The molecule has 1 saturated heterocycles. The predicted octanol–water partition coefficient (Wildman–Crippen LogP) is 2.40. The minimum absolute atomic E-state index is 0.454. The number of nitrogens with zero attached hydrogens (tertiary/aromatic N) is 1. The molecule has 2 aliphatic rings. The number of para-hydroxylation sites is 2. The van der Waals surface area contributed by atoms with Gasteiger partial charge in [-0.2, -0.15) is 0 Å². The minimum atomic E-state index is -0.655. The Bertz CT molecular complexity index is 620. The van der Waals surface area contributed by atoms with Crippen LogP contribution < -0.4 is 15.4 Å². The fraction of sp³-hybridized carbons (Fsp3) is 0.600. The SMILES string of the molecule is COc1ccccc1NC(=O)C(=O)NCC1CCN(C2CCCC2)CC1. The monoisotopic (exact) mass is 359 g/mol. The van der Waals surface area contributed by atoms with Crippen molar-refractivity contribution in [2.75, 3.05) is 32.1 Å². The molecule has 2 fully saturated rings. The van der Waals surface area contributed by atoms with E-state index >= 15 is 0 Å². The summed E-state index contributed by atoms with van der Waals surface area (Å²) in [7, 11) is 1.53. The van der Waals surface area contributed by atoms with Gasteiger partial charge >= 0.3 is 11.8 Å². The lowest BCUT2D eigenvalue weighted by molar-refractivity contribution is -0.136. The summed E-state index contributed by atoms with van der Waals surface area (Å²) in [5.74, 6) is -0.254. The zero-order valence-electron chi connectivity index (χ0n) is 15.5. The largest absolute Gasteiger partial charge is 0.495 e. The van der Waals surface area contributed by atoms with E-state index in [1.165, 1.54) is 32.8 Å². The molecule has 0 aromatic heterocycles. The summed E-state index contributed by atoms with van der Waals surface area (Å²) in [5.41, 5.74) is 0.500. The van der Waals surface area contributed by atoms with Gasteiger partial charge in [-0.05, 0) is 56.8 Å². The van der Waals surface area contributed by atoms with Crippen LogP contribution in [0.4, 0.5) is 5.69 Å². The lowest BCUT2D eigenvalue weighted by atomic mass is 9.95. The third kappa shape index (κ3) is 4.75. The van der Waals surface area contributed by atoms with Crippen LogP contribution >= 0.6 is 0 Å². The zero-order chi connectivity index (χ0) is 18.4. The number of ether oxygens (including phenoxy) is 1. The first kappa shape index (κ1) is 18.7. The first-order valence-electron chi connectivity index (χ1n) is 9.63. The van der Waals surface area contributed by atoms with Gasteiger partial charge < -0.3 is 20.3 Å². The van der Waals surface area contributed by atoms with Crippen LogP contribution in [0.25, 0.3) is 0 Å². The number of anilines is 1. The van der Waals surface area contributed by atoms with E-state index in [1.807, 2.05) is 6.07 Å². The Morgan fingerprint density at radius 3 is 2.46 bits per heavy atom. The molecule has 2 N–H and O–H groups in total. The van der Waals surface area contributed by atoms with E-state index in [4.69, 9.17) is 4.74 Å². The van der Waals surface area contributed by atoms with Crippen molar-refractivity contribution in [3.05, 3.63) is 24.3 Å². The number of carbonyl (C=O) groups is 2. The molecule has 1 aromatic rings. The first-order valence-corrected chi connectivity index (χ1v) is 9.63. The maximum atomic E-state index is 12.1. The highest BCUT2D eigenvalue weighted by molar-refractivity contribution is 6.39. The fourth-order valence-corrected chi connectivity index (χ4v) is 4.04. The van der Waals surface area contributed by atoms with Crippen LogP contribution in [0.2, 0.25) is 0 Å². The number of likely N-dealkylation sites (tertiary alicyclic amines) is 1. The lowest BCUT2D eigenvalue weighted by Crippen LogP contribution is -2.44. The van der Waals surface area contributed by atoms with Crippen molar-refractivity contribution in [3.63, 3.8) is 0 Å². The molecule has 6 nitrogen and oxygen atoms in total. The molecule has 1 heterocycles. The van der Waals surface area contributed by atoms with Crippen LogP contribution in [0, 0.1) is 5.92 Å². The average molecular weight is 359 g/mol. The maximum Gasteiger partial charge on any atom is 0.313 e. The van der Waals surface area contributed by atoms with E-state index in [0.29, 0.717) is 23.9 Å². The van der Waals surface area contributed by atoms with Gasteiger partial charge in [-0.15, -0.1) is 0 Å².